The number of carbonyl (C=O) groups excluding carboxylic acids is 1. The molecule has 0 saturated carbocycles. The van der Waals surface area contributed by atoms with Crippen LogP contribution < -0.4 is 19.5 Å². The second kappa shape index (κ2) is 10.2. The molecule has 1 amide bonds. The molecule has 2 aromatic rings. The van der Waals surface area contributed by atoms with Gasteiger partial charge in [-0.25, -0.2) is 0 Å². The van der Waals surface area contributed by atoms with Crippen LogP contribution in [0.1, 0.15) is 24.0 Å². The van der Waals surface area contributed by atoms with Crippen molar-refractivity contribution in [3.05, 3.63) is 53.6 Å². The van der Waals surface area contributed by atoms with E-state index in [1.807, 2.05) is 47.4 Å². The lowest BCUT2D eigenvalue weighted by Crippen LogP contribution is -2.45. The number of amides is 1. The maximum atomic E-state index is 12.7. The number of nitrogens with zero attached hydrogens (tertiary/aromatic N) is 1. The monoisotopic (exact) mass is 398 g/mol. The summed E-state index contributed by atoms with van der Waals surface area (Å²) in [6.45, 7) is 2.31. The summed E-state index contributed by atoms with van der Waals surface area (Å²) in [6.07, 6.45) is 2.28. The molecular formula is C23H30N2O4. The zero-order chi connectivity index (χ0) is 20.6. The average Bonchev–Trinajstić information content (AvgIpc) is 2.78. The first kappa shape index (κ1) is 21.0. The van der Waals surface area contributed by atoms with Crippen LogP contribution in [-0.4, -0.2) is 51.3 Å². The molecule has 1 N–H and O–H groups in total. The molecular weight excluding hydrogens is 368 g/mol. The Bertz CT molecular complexity index is 816. The topological polar surface area (TPSA) is 60.0 Å². The van der Waals surface area contributed by atoms with Crippen molar-refractivity contribution < 1.29 is 19.0 Å². The molecule has 0 aliphatic carbocycles. The minimum atomic E-state index is 0.160. The summed E-state index contributed by atoms with van der Waals surface area (Å²) in [5.41, 5.74) is 2.09. The van der Waals surface area contributed by atoms with Crippen LogP contribution >= 0.6 is 0 Å². The lowest BCUT2D eigenvalue weighted by molar-refractivity contribution is -0.131. The Morgan fingerprint density at radius 3 is 2.34 bits per heavy atom. The molecule has 0 spiro atoms. The second-order valence-corrected chi connectivity index (χ2v) is 7.21. The summed E-state index contributed by atoms with van der Waals surface area (Å²) in [5, 5.41) is 3.60. The van der Waals surface area contributed by atoms with Crippen LogP contribution in [0.4, 0.5) is 0 Å². The Labute approximate surface area is 172 Å². The molecule has 0 bridgehead atoms. The summed E-state index contributed by atoms with van der Waals surface area (Å²) in [7, 11) is 4.92. The molecule has 156 valence electrons. The molecule has 1 saturated heterocycles. The minimum Gasteiger partial charge on any atom is -0.496 e. The van der Waals surface area contributed by atoms with Gasteiger partial charge in [-0.2, -0.15) is 0 Å². The van der Waals surface area contributed by atoms with Crippen LogP contribution in [0.5, 0.6) is 17.2 Å². The highest BCUT2D eigenvalue weighted by Crippen LogP contribution is 2.27. The number of ether oxygens (including phenoxy) is 3. The third-order valence-corrected chi connectivity index (χ3v) is 5.42. The number of hydrogen-bond acceptors (Lipinski definition) is 5. The summed E-state index contributed by atoms with van der Waals surface area (Å²) >= 11 is 0. The number of methoxy groups -OCH3 is 3. The van der Waals surface area contributed by atoms with Crippen molar-refractivity contribution >= 4 is 5.91 Å². The van der Waals surface area contributed by atoms with E-state index in [-0.39, 0.29) is 5.91 Å². The molecule has 1 fully saturated rings. The van der Waals surface area contributed by atoms with Gasteiger partial charge in [0.2, 0.25) is 5.91 Å². The van der Waals surface area contributed by atoms with Gasteiger partial charge in [0, 0.05) is 31.2 Å². The van der Waals surface area contributed by atoms with Gasteiger partial charge in [-0.3, -0.25) is 4.79 Å². The quantitative estimate of drug-likeness (QED) is 0.741. The number of para-hydroxylation sites is 1. The molecule has 0 aromatic heterocycles. The molecule has 2 aromatic carbocycles. The first-order valence-electron chi connectivity index (χ1n) is 9.98. The fraction of sp³-hybridized carbons (Fsp3) is 0.435. The highest BCUT2D eigenvalue weighted by Gasteiger charge is 2.23. The zero-order valence-corrected chi connectivity index (χ0v) is 17.4. The van der Waals surface area contributed by atoms with E-state index in [2.05, 4.69) is 5.32 Å². The maximum absolute atomic E-state index is 12.7. The Balaban J connectivity index is 1.47. The summed E-state index contributed by atoms with van der Waals surface area (Å²) in [4.78, 5) is 14.6. The second-order valence-electron chi connectivity index (χ2n) is 7.21. The lowest BCUT2D eigenvalue weighted by atomic mass is 10.0. The van der Waals surface area contributed by atoms with Crippen LogP contribution in [0.3, 0.4) is 0 Å². The van der Waals surface area contributed by atoms with Gasteiger partial charge in [0.15, 0.2) is 11.5 Å². The van der Waals surface area contributed by atoms with E-state index >= 15 is 0 Å². The van der Waals surface area contributed by atoms with Crippen molar-refractivity contribution in [1.29, 1.82) is 0 Å². The summed E-state index contributed by atoms with van der Waals surface area (Å²) < 4.78 is 16.0. The zero-order valence-electron chi connectivity index (χ0n) is 17.4. The number of benzene rings is 2. The highest BCUT2D eigenvalue weighted by molar-refractivity contribution is 5.79. The van der Waals surface area contributed by atoms with Crippen molar-refractivity contribution in [2.45, 2.75) is 31.8 Å². The van der Waals surface area contributed by atoms with E-state index in [9.17, 15) is 4.79 Å². The molecule has 6 nitrogen and oxygen atoms in total. The molecule has 29 heavy (non-hydrogen) atoms. The molecule has 6 heteroatoms. The number of hydrogen-bond donors (Lipinski definition) is 1. The summed E-state index contributed by atoms with van der Waals surface area (Å²) in [5.74, 6) is 2.40. The molecule has 0 unspecified atom stereocenters. The Morgan fingerprint density at radius 1 is 0.966 bits per heavy atom. The highest BCUT2D eigenvalue weighted by atomic mass is 16.5. The summed E-state index contributed by atoms with van der Waals surface area (Å²) in [6, 6.07) is 14.1. The third-order valence-electron chi connectivity index (χ3n) is 5.42. The van der Waals surface area contributed by atoms with Crippen molar-refractivity contribution in [1.82, 2.24) is 10.2 Å². The predicted octanol–water partition coefficient (Wildman–Crippen LogP) is 3.04. The van der Waals surface area contributed by atoms with Crippen LogP contribution in [0.25, 0.3) is 0 Å². The predicted molar refractivity (Wildman–Crippen MR) is 113 cm³/mol. The number of piperidine rings is 1. The fourth-order valence-corrected chi connectivity index (χ4v) is 3.71. The third kappa shape index (κ3) is 5.41. The lowest BCUT2D eigenvalue weighted by Gasteiger charge is -2.32. The average molecular weight is 399 g/mol. The Hall–Kier alpha value is -2.73. The number of nitrogens with one attached hydrogen (secondary N) is 1. The van der Waals surface area contributed by atoms with Gasteiger partial charge in [0.05, 0.1) is 27.8 Å². The van der Waals surface area contributed by atoms with Crippen molar-refractivity contribution in [3.8, 4) is 17.2 Å². The first-order valence-corrected chi connectivity index (χ1v) is 9.98. The van der Waals surface area contributed by atoms with Gasteiger partial charge in [0.1, 0.15) is 5.75 Å². The number of rotatable bonds is 8. The van der Waals surface area contributed by atoms with Gasteiger partial charge in [-0.15, -0.1) is 0 Å². The van der Waals surface area contributed by atoms with Gasteiger partial charge in [-0.05, 0) is 36.6 Å². The van der Waals surface area contributed by atoms with Crippen LogP contribution in [0, 0.1) is 0 Å². The molecule has 1 aliphatic rings. The van der Waals surface area contributed by atoms with E-state index in [0.717, 1.165) is 60.9 Å². The van der Waals surface area contributed by atoms with Gasteiger partial charge >= 0.3 is 0 Å². The van der Waals surface area contributed by atoms with Gasteiger partial charge in [-0.1, -0.05) is 24.3 Å². The smallest absolute Gasteiger partial charge is 0.227 e. The van der Waals surface area contributed by atoms with Crippen LogP contribution in [0.15, 0.2) is 42.5 Å². The van der Waals surface area contributed by atoms with Crippen molar-refractivity contribution in [2.75, 3.05) is 34.4 Å². The molecule has 1 heterocycles. The largest absolute Gasteiger partial charge is 0.496 e. The minimum absolute atomic E-state index is 0.160. The van der Waals surface area contributed by atoms with E-state index in [0.29, 0.717) is 12.5 Å². The normalized spacial score (nSPS) is 14.5. The SMILES string of the molecule is COc1ccccc1CC(=O)N1CCC(NCc2ccc(OC)c(OC)c2)CC1. The maximum Gasteiger partial charge on any atom is 0.227 e. The van der Waals surface area contributed by atoms with E-state index in [1.165, 1.54) is 0 Å². The first-order chi connectivity index (χ1) is 14.1. The number of likely N-dealkylation sites (tertiary alicyclic amines) is 1. The number of carbonyl (C=O) groups is 1. The van der Waals surface area contributed by atoms with Crippen LogP contribution in [-0.2, 0) is 17.8 Å². The molecule has 0 radical (unpaired) electrons. The van der Waals surface area contributed by atoms with Gasteiger partial charge < -0.3 is 24.4 Å². The molecule has 3 rings (SSSR count). The molecule has 1 aliphatic heterocycles. The van der Waals surface area contributed by atoms with Crippen molar-refractivity contribution in [3.63, 3.8) is 0 Å². The Morgan fingerprint density at radius 2 is 1.66 bits per heavy atom. The van der Waals surface area contributed by atoms with E-state index in [4.69, 9.17) is 14.2 Å². The molecule has 0 atom stereocenters. The van der Waals surface area contributed by atoms with Crippen LogP contribution in [0.2, 0.25) is 0 Å². The Kier molecular flexibility index (Phi) is 7.36. The van der Waals surface area contributed by atoms with Crippen molar-refractivity contribution in [2.24, 2.45) is 0 Å². The fourth-order valence-electron chi connectivity index (χ4n) is 3.71. The van der Waals surface area contributed by atoms with E-state index < -0.39 is 0 Å². The van der Waals surface area contributed by atoms with E-state index in [1.54, 1.807) is 21.3 Å². The van der Waals surface area contributed by atoms with Gasteiger partial charge in [0.25, 0.3) is 0 Å². The standard InChI is InChI=1S/C23H30N2O4/c1-27-20-7-5-4-6-18(20)15-23(26)25-12-10-19(11-13-25)24-16-17-8-9-21(28-2)22(14-17)29-3/h4-9,14,19,24H,10-13,15-16H2,1-3H3.